The Balaban J connectivity index is 3.00. The summed E-state index contributed by atoms with van der Waals surface area (Å²) in [5.41, 5.74) is 1.01. The number of ether oxygens (including phenoxy) is 2. The smallest absolute Gasteiger partial charge is 0.142 e. The molecule has 0 atom stereocenters. The van der Waals surface area contributed by atoms with E-state index in [-0.39, 0.29) is 0 Å². The number of hydrogen-bond donors (Lipinski definition) is 1. The molecular weight excluding hydrogens is 192 g/mol. The average molecular weight is 210 g/mol. The van der Waals surface area contributed by atoms with Gasteiger partial charge >= 0.3 is 0 Å². The van der Waals surface area contributed by atoms with Crippen molar-refractivity contribution < 1.29 is 9.47 Å². The lowest BCUT2D eigenvalue weighted by Gasteiger charge is -2.21. The Morgan fingerprint density at radius 1 is 1.27 bits per heavy atom. The fourth-order valence-electron chi connectivity index (χ4n) is 1.42. The van der Waals surface area contributed by atoms with Gasteiger partial charge in [-0.25, -0.2) is 0 Å². The molecule has 1 rings (SSSR count). The summed E-state index contributed by atoms with van der Waals surface area (Å²) < 4.78 is 10.5. The van der Waals surface area contributed by atoms with E-state index < -0.39 is 0 Å². The molecule has 15 heavy (non-hydrogen) atoms. The predicted molar refractivity (Wildman–Crippen MR) is 61.9 cm³/mol. The SMILES string of the molecule is CNCN(C)c1cc(OC)ccc1OC. The summed E-state index contributed by atoms with van der Waals surface area (Å²) >= 11 is 0. The first-order chi connectivity index (χ1) is 7.22. The van der Waals surface area contributed by atoms with Crippen molar-refractivity contribution in [1.29, 1.82) is 0 Å². The highest BCUT2D eigenvalue weighted by Gasteiger charge is 2.08. The standard InChI is InChI=1S/C11H18N2O2/c1-12-8-13(2)10-7-9(14-3)5-6-11(10)15-4/h5-7,12H,8H2,1-4H3. The monoisotopic (exact) mass is 210 g/mol. The first-order valence-corrected chi connectivity index (χ1v) is 4.80. The highest BCUT2D eigenvalue weighted by molar-refractivity contribution is 5.61. The largest absolute Gasteiger partial charge is 0.497 e. The third-order valence-electron chi connectivity index (χ3n) is 2.19. The van der Waals surface area contributed by atoms with Crippen LogP contribution in [-0.4, -0.2) is 35.0 Å². The van der Waals surface area contributed by atoms with Crippen LogP contribution in [0.25, 0.3) is 0 Å². The van der Waals surface area contributed by atoms with E-state index in [0.29, 0.717) is 0 Å². The molecule has 84 valence electrons. The number of methoxy groups -OCH3 is 2. The molecule has 0 radical (unpaired) electrons. The molecule has 0 fully saturated rings. The molecule has 1 aromatic rings. The number of rotatable bonds is 5. The van der Waals surface area contributed by atoms with Gasteiger partial charge in [-0.3, -0.25) is 0 Å². The minimum atomic E-state index is 0.753. The summed E-state index contributed by atoms with van der Waals surface area (Å²) in [5, 5.41) is 3.08. The zero-order chi connectivity index (χ0) is 11.3. The van der Waals surface area contributed by atoms with Crippen molar-refractivity contribution >= 4 is 5.69 Å². The number of benzene rings is 1. The Bertz CT molecular complexity index is 315. The Morgan fingerprint density at radius 3 is 2.53 bits per heavy atom. The van der Waals surface area contributed by atoms with Crippen LogP contribution in [0.5, 0.6) is 11.5 Å². The van der Waals surface area contributed by atoms with E-state index in [1.807, 2.05) is 32.3 Å². The summed E-state index contributed by atoms with van der Waals surface area (Å²) in [6.07, 6.45) is 0. The summed E-state index contributed by atoms with van der Waals surface area (Å²) in [4.78, 5) is 2.06. The van der Waals surface area contributed by atoms with Crippen molar-refractivity contribution in [2.45, 2.75) is 0 Å². The fraction of sp³-hybridized carbons (Fsp3) is 0.455. The molecular formula is C11H18N2O2. The van der Waals surface area contributed by atoms with Crippen molar-refractivity contribution in [1.82, 2.24) is 5.32 Å². The van der Waals surface area contributed by atoms with E-state index in [4.69, 9.17) is 9.47 Å². The quantitative estimate of drug-likeness (QED) is 0.743. The van der Waals surface area contributed by atoms with Gasteiger partial charge in [0.1, 0.15) is 11.5 Å². The fourth-order valence-corrected chi connectivity index (χ4v) is 1.42. The molecule has 4 nitrogen and oxygen atoms in total. The maximum absolute atomic E-state index is 5.29. The topological polar surface area (TPSA) is 33.7 Å². The van der Waals surface area contributed by atoms with Crippen LogP contribution in [0.1, 0.15) is 0 Å². The minimum absolute atomic E-state index is 0.753. The van der Waals surface area contributed by atoms with E-state index in [1.165, 1.54) is 0 Å². The third kappa shape index (κ3) is 2.76. The lowest BCUT2D eigenvalue weighted by molar-refractivity contribution is 0.403. The molecule has 1 N–H and O–H groups in total. The van der Waals surface area contributed by atoms with Gasteiger partial charge in [-0.1, -0.05) is 0 Å². The summed E-state index contributed by atoms with van der Waals surface area (Å²) in [6, 6.07) is 5.74. The second-order valence-corrected chi connectivity index (χ2v) is 3.25. The highest BCUT2D eigenvalue weighted by Crippen LogP contribution is 2.31. The van der Waals surface area contributed by atoms with Crippen LogP contribution in [0.4, 0.5) is 5.69 Å². The zero-order valence-corrected chi connectivity index (χ0v) is 9.70. The highest BCUT2D eigenvalue weighted by atomic mass is 16.5. The van der Waals surface area contributed by atoms with Crippen molar-refractivity contribution in [3.8, 4) is 11.5 Å². The van der Waals surface area contributed by atoms with Gasteiger partial charge in [-0.15, -0.1) is 0 Å². The van der Waals surface area contributed by atoms with Crippen molar-refractivity contribution in [2.75, 3.05) is 39.9 Å². The van der Waals surface area contributed by atoms with Gasteiger partial charge < -0.3 is 19.7 Å². The zero-order valence-electron chi connectivity index (χ0n) is 9.70. The maximum atomic E-state index is 5.29. The van der Waals surface area contributed by atoms with E-state index in [2.05, 4.69) is 10.2 Å². The van der Waals surface area contributed by atoms with Crippen LogP contribution in [0.2, 0.25) is 0 Å². The van der Waals surface area contributed by atoms with Crippen molar-refractivity contribution in [2.24, 2.45) is 0 Å². The molecule has 0 amide bonds. The van der Waals surface area contributed by atoms with Gasteiger partial charge in [0.2, 0.25) is 0 Å². The second-order valence-electron chi connectivity index (χ2n) is 3.25. The lowest BCUT2D eigenvalue weighted by Crippen LogP contribution is -2.28. The number of nitrogens with zero attached hydrogens (tertiary/aromatic N) is 1. The van der Waals surface area contributed by atoms with Gasteiger partial charge in [-0.05, 0) is 19.2 Å². The second kappa shape index (κ2) is 5.46. The van der Waals surface area contributed by atoms with E-state index >= 15 is 0 Å². The van der Waals surface area contributed by atoms with Crippen molar-refractivity contribution in [3.63, 3.8) is 0 Å². The van der Waals surface area contributed by atoms with Gasteiger partial charge in [0.25, 0.3) is 0 Å². The van der Waals surface area contributed by atoms with Crippen LogP contribution in [-0.2, 0) is 0 Å². The van der Waals surface area contributed by atoms with Crippen LogP contribution in [0.15, 0.2) is 18.2 Å². The van der Waals surface area contributed by atoms with E-state index in [0.717, 1.165) is 23.9 Å². The Morgan fingerprint density at radius 2 is 2.00 bits per heavy atom. The molecule has 0 bridgehead atoms. The van der Waals surface area contributed by atoms with Gasteiger partial charge in [0, 0.05) is 13.1 Å². The first kappa shape index (κ1) is 11.7. The minimum Gasteiger partial charge on any atom is -0.497 e. The van der Waals surface area contributed by atoms with Gasteiger partial charge in [-0.2, -0.15) is 0 Å². The summed E-state index contributed by atoms with van der Waals surface area (Å²) in [5.74, 6) is 1.67. The van der Waals surface area contributed by atoms with E-state index in [9.17, 15) is 0 Å². The Hall–Kier alpha value is -1.42. The molecule has 1 aromatic carbocycles. The molecule has 4 heteroatoms. The molecule has 0 heterocycles. The Kier molecular flexibility index (Phi) is 4.24. The summed E-state index contributed by atoms with van der Waals surface area (Å²) in [7, 11) is 7.22. The summed E-state index contributed by atoms with van der Waals surface area (Å²) in [6.45, 7) is 0.753. The molecule has 0 unspecified atom stereocenters. The van der Waals surface area contributed by atoms with Crippen LogP contribution < -0.4 is 19.7 Å². The van der Waals surface area contributed by atoms with Crippen LogP contribution >= 0.6 is 0 Å². The number of hydrogen-bond acceptors (Lipinski definition) is 4. The molecule has 0 aliphatic heterocycles. The van der Waals surface area contributed by atoms with Crippen molar-refractivity contribution in [3.05, 3.63) is 18.2 Å². The molecule has 0 saturated heterocycles. The number of anilines is 1. The average Bonchev–Trinajstić information content (AvgIpc) is 2.28. The molecule has 0 aliphatic rings. The maximum Gasteiger partial charge on any atom is 0.142 e. The van der Waals surface area contributed by atoms with Crippen LogP contribution in [0, 0.1) is 0 Å². The molecule has 0 aliphatic carbocycles. The van der Waals surface area contributed by atoms with Gasteiger partial charge in [0.05, 0.1) is 26.6 Å². The normalized spacial score (nSPS) is 9.87. The molecule has 0 saturated carbocycles. The van der Waals surface area contributed by atoms with Crippen LogP contribution in [0.3, 0.4) is 0 Å². The molecule has 0 spiro atoms. The van der Waals surface area contributed by atoms with E-state index in [1.54, 1.807) is 14.2 Å². The Labute approximate surface area is 90.8 Å². The van der Waals surface area contributed by atoms with Gasteiger partial charge in [0.15, 0.2) is 0 Å². The first-order valence-electron chi connectivity index (χ1n) is 4.80. The predicted octanol–water partition coefficient (Wildman–Crippen LogP) is 1.32. The molecule has 0 aromatic heterocycles. The number of nitrogens with one attached hydrogen (secondary N) is 1. The third-order valence-corrected chi connectivity index (χ3v) is 2.19. The lowest BCUT2D eigenvalue weighted by atomic mass is 10.2.